The largest absolute Gasteiger partial charge is 0.394 e. The van der Waals surface area contributed by atoms with Crippen molar-refractivity contribution in [2.45, 2.75) is 13.0 Å². The van der Waals surface area contributed by atoms with E-state index in [4.69, 9.17) is 0 Å². The number of carbonyl (C=O) groups excluding carboxylic acids is 2. The van der Waals surface area contributed by atoms with Crippen molar-refractivity contribution < 1.29 is 14.7 Å². The van der Waals surface area contributed by atoms with Crippen molar-refractivity contribution >= 4 is 17.6 Å². The number of Topliss-reactive ketones (excluding diaryl/α,β-unsaturated/α-hetero) is 1. The highest BCUT2D eigenvalue weighted by atomic mass is 16.3. The molecule has 0 amide bonds. The smallest absolute Gasteiger partial charge is 0.179 e. The fourth-order valence-corrected chi connectivity index (χ4v) is 2.36. The lowest BCUT2D eigenvalue weighted by atomic mass is 10.0. The molecule has 0 radical (unpaired) electrons. The van der Waals surface area contributed by atoms with E-state index < -0.39 is 0 Å². The third kappa shape index (κ3) is 2.81. The fraction of sp³-hybridized carbons (Fsp3) is 0.429. The summed E-state index contributed by atoms with van der Waals surface area (Å²) in [4.78, 5) is 28.3. The molecule has 20 heavy (non-hydrogen) atoms. The van der Waals surface area contributed by atoms with Crippen LogP contribution in [0.5, 0.6) is 0 Å². The van der Waals surface area contributed by atoms with Gasteiger partial charge < -0.3 is 15.4 Å². The Morgan fingerprint density at radius 2 is 2.30 bits per heavy atom. The van der Waals surface area contributed by atoms with Crippen LogP contribution in [0.2, 0.25) is 0 Å². The van der Waals surface area contributed by atoms with Crippen molar-refractivity contribution in [1.82, 2.24) is 15.2 Å². The Bertz CT molecular complexity index is 542. The number of aromatic nitrogens is 1. The second kappa shape index (κ2) is 6.02. The third-order valence-corrected chi connectivity index (χ3v) is 3.40. The highest BCUT2D eigenvalue weighted by Crippen LogP contribution is 2.21. The van der Waals surface area contributed by atoms with E-state index in [-0.39, 0.29) is 18.4 Å². The molecule has 6 heteroatoms. The standard InChI is InChI=1S/C14H19N3O3/c1-9(3-15-2)14-12(8-18)11(4-16-14)13(20)7-17-5-10(19)6-17/h3-4,8,10,15-16,19H,5-7H2,1-2H3/b9-3-. The van der Waals surface area contributed by atoms with Crippen molar-refractivity contribution in [3.8, 4) is 0 Å². The van der Waals surface area contributed by atoms with Crippen LogP contribution in [0.3, 0.4) is 0 Å². The number of aromatic amines is 1. The van der Waals surface area contributed by atoms with Gasteiger partial charge in [0.05, 0.1) is 23.9 Å². The number of carbonyl (C=O) groups is 2. The number of aliphatic hydroxyl groups excluding tert-OH is 1. The third-order valence-electron chi connectivity index (χ3n) is 3.40. The van der Waals surface area contributed by atoms with Crippen LogP contribution < -0.4 is 5.32 Å². The van der Waals surface area contributed by atoms with Crippen LogP contribution in [0.1, 0.15) is 33.3 Å². The van der Waals surface area contributed by atoms with Crippen LogP contribution in [-0.2, 0) is 0 Å². The molecule has 0 aliphatic carbocycles. The highest BCUT2D eigenvalue weighted by Gasteiger charge is 2.27. The maximum Gasteiger partial charge on any atom is 0.179 e. The SMILES string of the molecule is CN/C=C(/C)c1[nH]cc(C(=O)CN2CC(O)C2)c1C=O. The van der Waals surface area contributed by atoms with Crippen LogP contribution in [0.4, 0.5) is 0 Å². The number of β-amino-alcohol motifs (C(OH)–C–C–N with tert-alkyl or cyclic N) is 1. The van der Waals surface area contributed by atoms with Crippen LogP contribution in [0, 0.1) is 0 Å². The predicted molar refractivity (Wildman–Crippen MR) is 75.7 cm³/mol. The molecule has 2 rings (SSSR count). The molecule has 1 fully saturated rings. The van der Waals surface area contributed by atoms with Gasteiger partial charge in [-0.3, -0.25) is 14.5 Å². The van der Waals surface area contributed by atoms with Crippen molar-refractivity contribution in [2.24, 2.45) is 0 Å². The van der Waals surface area contributed by atoms with Gasteiger partial charge >= 0.3 is 0 Å². The van der Waals surface area contributed by atoms with Crippen LogP contribution >= 0.6 is 0 Å². The van der Waals surface area contributed by atoms with Crippen molar-refractivity contribution in [1.29, 1.82) is 0 Å². The Morgan fingerprint density at radius 1 is 1.60 bits per heavy atom. The minimum absolute atomic E-state index is 0.112. The second-order valence-electron chi connectivity index (χ2n) is 5.00. The van der Waals surface area contributed by atoms with Gasteiger partial charge in [0, 0.05) is 38.1 Å². The number of likely N-dealkylation sites (tertiary alicyclic amines) is 1. The zero-order valence-corrected chi connectivity index (χ0v) is 11.6. The van der Waals surface area contributed by atoms with E-state index >= 15 is 0 Å². The molecule has 1 saturated heterocycles. The number of aliphatic hydroxyl groups is 1. The molecular formula is C14H19N3O3. The molecule has 0 spiro atoms. The molecule has 1 aliphatic rings. The molecule has 0 saturated carbocycles. The van der Waals surface area contributed by atoms with Gasteiger partial charge in [-0.15, -0.1) is 0 Å². The minimum atomic E-state index is -0.337. The Hall–Kier alpha value is -1.92. The number of allylic oxidation sites excluding steroid dienone is 1. The summed E-state index contributed by atoms with van der Waals surface area (Å²) in [5, 5.41) is 12.1. The first-order chi connectivity index (χ1) is 9.56. The zero-order chi connectivity index (χ0) is 14.7. The molecule has 0 atom stereocenters. The van der Waals surface area contributed by atoms with Gasteiger partial charge in [-0.25, -0.2) is 0 Å². The number of ketones is 1. The fourth-order valence-electron chi connectivity index (χ4n) is 2.36. The van der Waals surface area contributed by atoms with Crippen LogP contribution in [-0.4, -0.2) is 59.8 Å². The van der Waals surface area contributed by atoms with Crippen LogP contribution in [0.15, 0.2) is 12.4 Å². The molecule has 2 heterocycles. The molecule has 1 aromatic heterocycles. The van der Waals surface area contributed by atoms with E-state index in [1.54, 1.807) is 19.4 Å². The van der Waals surface area contributed by atoms with Gasteiger partial charge in [0.1, 0.15) is 0 Å². The van der Waals surface area contributed by atoms with Gasteiger partial charge in [0.15, 0.2) is 12.1 Å². The summed E-state index contributed by atoms with van der Waals surface area (Å²) in [6.45, 7) is 3.11. The molecule has 0 bridgehead atoms. The summed E-state index contributed by atoms with van der Waals surface area (Å²) in [6.07, 6.45) is 3.71. The molecule has 3 N–H and O–H groups in total. The normalized spacial score (nSPS) is 16.9. The summed E-state index contributed by atoms with van der Waals surface area (Å²) in [7, 11) is 1.77. The summed E-state index contributed by atoms with van der Waals surface area (Å²) in [6, 6.07) is 0. The van der Waals surface area contributed by atoms with E-state index in [1.165, 1.54) is 0 Å². The maximum absolute atomic E-state index is 12.2. The lowest BCUT2D eigenvalue weighted by Gasteiger charge is -2.35. The first-order valence-corrected chi connectivity index (χ1v) is 6.51. The van der Waals surface area contributed by atoms with Crippen LogP contribution in [0.25, 0.3) is 5.57 Å². The molecule has 0 aromatic carbocycles. The summed E-state index contributed by atoms with van der Waals surface area (Å²) < 4.78 is 0. The monoisotopic (exact) mass is 277 g/mol. The van der Waals surface area contributed by atoms with Gasteiger partial charge in [0.25, 0.3) is 0 Å². The summed E-state index contributed by atoms with van der Waals surface area (Å²) >= 11 is 0. The summed E-state index contributed by atoms with van der Waals surface area (Å²) in [5.41, 5.74) is 2.30. The number of hydrogen-bond donors (Lipinski definition) is 3. The lowest BCUT2D eigenvalue weighted by Crippen LogP contribution is -2.52. The first kappa shape index (κ1) is 14.5. The average Bonchev–Trinajstić information content (AvgIpc) is 2.80. The van der Waals surface area contributed by atoms with Crippen molar-refractivity contribution in [2.75, 3.05) is 26.7 Å². The van der Waals surface area contributed by atoms with Gasteiger partial charge in [-0.1, -0.05) is 0 Å². The molecule has 1 aromatic rings. The number of nitrogens with one attached hydrogen (secondary N) is 2. The number of H-pyrrole nitrogens is 1. The van der Waals surface area contributed by atoms with Crippen molar-refractivity contribution in [3.63, 3.8) is 0 Å². The van der Waals surface area contributed by atoms with E-state index in [1.807, 2.05) is 11.8 Å². The Labute approximate surface area is 117 Å². The number of nitrogens with zero attached hydrogens (tertiary/aromatic N) is 1. The van der Waals surface area contributed by atoms with Gasteiger partial charge in [-0.05, 0) is 12.5 Å². The first-order valence-electron chi connectivity index (χ1n) is 6.51. The van der Waals surface area contributed by atoms with Gasteiger partial charge in [0.2, 0.25) is 0 Å². The molecule has 1 aliphatic heterocycles. The van der Waals surface area contributed by atoms with E-state index in [9.17, 15) is 14.7 Å². The second-order valence-corrected chi connectivity index (χ2v) is 5.00. The highest BCUT2D eigenvalue weighted by molar-refractivity contribution is 6.06. The van der Waals surface area contributed by atoms with E-state index in [0.717, 1.165) is 5.57 Å². The number of aldehydes is 1. The molecule has 108 valence electrons. The molecular weight excluding hydrogens is 258 g/mol. The Morgan fingerprint density at radius 3 is 2.85 bits per heavy atom. The summed E-state index contributed by atoms with van der Waals surface area (Å²) in [5.74, 6) is -0.112. The topological polar surface area (TPSA) is 85.4 Å². The van der Waals surface area contributed by atoms with E-state index in [0.29, 0.717) is 36.2 Å². The minimum Gasteiger partial charge on any atom is -0.394 e. The average molecular weight is 277 g/mol. The zero-order valence-electron chi connectivity index (χ0n) is 11.6. The predicted octanol–water partition coefficient (Wildman–Crippen LogP) is 0.267. The van der Waals surface area contributed by atoms with Gasteiger partial charge in [-0.2, -0.15) is 0 Å². The Balaban J connectivity index is 2.17. The Kier molecular flexibility index (Phi) is 4.36. The lowest BCUT2D eigenvalue weighted by molar-refractivity contribution is 0.00513. The van der Waals surface area contributed by atoms with Crippen molar-refractivity contribution in [3.05, 3.63) is 29.2 Å². The number of rotatable bonds is 6. The molecule has 6 nitrogen and oxygen atoms in total. The maximum atomic E-state index is 12.2. The molecule has 0 unspecified atom stereocenters. The number of hydrogen-bond acceptors (Lipinski definition) is 5. The van der Waals surface area contributed by atoms with E-state index in [2.05, 4.69) is 10.3 Å². The quantitative estimate of drug-likeness (QED) is 0.513.